The summed E-state index contributed by atoms with van der Waals surface area (Å²) in [5.74, 6) is 0.846. The third-order valence-electron chi connectivity index (χ3n) is 4.72. The lowest BCUT2D eigenvalue weighted by Gasteiger charge is -2.32. The second-order valence-electron chi connectivity index (χ2n) is 6.81. The molecule has 140 valence electrons. The van der Waals surface area contributed by atoms with Crippen LogP contribution in [0.1, 0.15) is 23.6 Å². The summed E-state index contributed by atoms with van der Waals surface area (Å²) >= 11 is 0. The first-order chi connectivity index (χ1) is 11.9. The van der Waals surface area contributed by atoms with Gasteiger partial charge in [-0.25, -0.2) is 4.79 Å². The maximum absolute atomic E-state index is 11.7. The van der Waals surface area contributed by atoms with Crippen molar-refractivity contribution in [1.82, 2.24) is 4.90 Å². The van der Waals surface area contributed by atoms with Crippen molar-refractivity contribution in [3.63, 3.8) is 0 Å². The fourth-order valence-corrected chi connectivity index (χ4v) is 3.15. The molecule has 0 unspecified atom stereocenters. The summed E-state index contributed by atoms with van der Waals surface area (Å²) in [5.41, 5.74) is 3.48. The molecule has 6 nitrogen and oxygen atoms in total. The minimum Gasteiger partial charge on any atom is -0.490 e. The number of piperazine rings is 1. The molecular weight excluding hydrogens is 320 g/mol. The minimum atomic E-state index is -0.524. The number of carbonyl (C=O) groups is 1. The summed E-state index contributed by atoms with van der Waals surface area (Å²) in [6.45, 7) is 12.2. The van der Waals surface area contributed by atoms with Crippen LogP contribution in [0.2, 0.25) is 0 Å². The number of carbonyl (C=O) groups excluding carboxylic acids is 1. The Kier molecular flexibility index (Phi) is 7.08. The fraction of sp³-hybridized carbons (Fsp3) is 0.632. The average molecular weight is 351 g/mol. The lowest BCUT2D eigenvalue weighted by molar-refractivity contribution is -0.907. The number of quaternary nitrogens is 1. The topological polar surface area (TPSA) is 63.4 Å². The highest BCUT2D eigenvalue weighted by Gasteiger charge is 2.26. The van der Waals surface area contributed by atoms with Crippen LogP contribution in [0, 0.1) is 20.8 Å². The smallest absolute Gasteiger partial charge is 0.410 e. The van der Waals surface area contributed by atoms with E-state index in [0.29, 0.717) is 26.2 Å². The summed E-state index contributed by atoms with van der Waals surface area (Å²) in [7, 11) is 0. The lowest BCUT2D eigenvalue weighted by atomic mass is 10.1. The van der Waals surface area contributed by atoms with Gasteiger partial charge in [0.15, 0.2) is 0 Å². The normalized spacial score (nSPS) is 16.6. The molecule has 0 spiro atoms. The van der Waals surface area contributed by atoms with Gasteiger partial charge in [-0.3, -0.25) is 4.90 Å². The predicted octanol–water partition coefficient (Wildman–Crippen LogP) is 0.709. The quantitative estimate of drug-likeness (QED) is 0.792. The first-order valence-corrected chi connectivity index (χ1v) is 9.04. The Balaban J connectivity index is 1.76. The van der Waals surface area contributed by atoms with E-state index < -0.39 is 6.10 Å². The van der Waals surface area contributed by atoms with Crippen LogP contribution >= 0.6 is 0 Å². The second kappa shape index (κ2) is 9.06. The molecule has 1 aliphatic heterocycles. The molecule has 0 saturated carbocycles. The van der Waals surface area contributed by atoms with Crippen molar-refractivity contribution >= 4 is 6.09 Å². The van der Waals surface area contributed by atoms with Gasteiger partial charge in [0.25, 0.3) is 0 Å². The Morgan fingerprint density at radius 1 is 1.28 bits per heavy atom. The maximum atomic E-state index is 11.7. The number of benzene rings is 1. The standard InChI is InChI=1S/C19H30N2O4/c1-5-24-19(23)21-8-6-20(7-9-21)12-17(22)13-25-18-11-14(2)10-15(3)16(18)4/h10-11,17,22H,5-9,12-13H2,1-4H3/p+1/t17-/m0/s1. The number of ether oxygens (including phenoxy) is 2. The number of rotatable bonds is 6. The number of nitrogens with one attached hydrogen (secondary N) is 1. The third-order valence-corrected chi connectivity index (χ3v) is 4.72. The van der Waals surface area contributed by atoms with Gasteiger partial charge in [0.05, 0.1) is 32.8 Å². The molecule has 0 aliphatic carbocycles. The van der Waals surface area contributed by atoms with Crippen LogP contribution in [0.25, 0.3) is 0 Å². The van der Waals surface area contributed by atoms with Crippen molar-refractivity contribution in [3.8, 4) is 5.75 Å². The van der Waals surface area contributed by atoms with Crippen molar-refractivity contribution in [2.75, 3.05) is 45.9 Å². The largest absolute Gasteiger partial charge is 0.490 e. The predicted molar refractivity (Wildman–Crippen MR) is 96.3 cm³/mol. The highest BCUT2D eigenvalue weighted by Crippen LogP contribution is 2.23. The van der Waals surface area contributed by atoms with Gasteiger partial charge >= 0.3 is 6.09 Å². The molecule has 1 aromatic rings. The van der Waals surface area contributed by atoms with E-state index in [1.165, 1.54) is 10.5 Å². The van der Waals surface area contributed by atoms with E-state index in [4.69, 9.17) is 9.47 Å². The first-order valence-electron chi connectivity index (χ1n) is 9.04. The van der Waals surface area contributed by atoms with Gasteiger partial charge in [-0.05, 0) is 50.5 Å². The van der Waals surface area contributed by atoms with E-state index in [0.717, 1.165) is 30.0 Å². The Bertz CT molecular complexity index is 583. The Hall–Kier alpha value is -1.79. The number of hydrogen-bond acceptors (Lipinski definition) is 4. The maximum Gasteiger partial charge on any atom is 0.410 e. The zero-order valence-corrected chi connectivity index (χ0v) is 15.8. The molecule has 0 aromatic heterocycles. The molecule has 1 heterocycles. The van der Waals surface area contributed by atoms with E-state index in [-0.39, 0.29) is 12.7 Å². The highest BCUT2D eigenvalue weighted by atomic mass is 16.6. The molecule has 0 bridgehead atoms. The van der Waals surface area contributed by atoms with E-state index in [1.807, 2.05) is 26.8 Å². The molecule has 6 heteroatoms. The zero-order chi connectivity index (χ0) is 18.4. The molecule has 0 radical (unpaired) electrons. The molecule has 1 fully saturated rings. The number of aliphatic hydroxyl groups excluding tert-OH is 1. The van der Waals surface area contributed by atoms with E-state index in [2.05, 4.69) is 13.0 Å². The van der Waals surface area contributed by atoms with Crippen LogP contribution in [0.3, 0.4) is 0 Å². The first kappa shape index (κ1) is 19.5. The van der Waals surface area contributed by atoms with E-state index in [9.17, 15) is 9.90 Å². The Labute approximate surface area is 150 Å². The number of aryl methyl sites for hydroxylation is 2. The van der Waals surface area contributed by atoms with Gasteiger partial charge in [-0.1, -0.05) is 6.07 Å². The van der Waals surface area contributed by atoms with Gasteiger partial charge in [-0.15, -0.1) is 0 Å². The van der Waals surface area contributed by atoms with Crippen molar-refractivity contribution < 1.29 is 24.3 Å². The number of aliphatic hydroxyl groups is 1. The van der Waals surface area contributed by atoms with Crippen LogP contribution in [0.5, 0.6) is 5.75 Å². The van der Waals surface area contributed by atoms with Crippen molar-refractivity contribution in [2.24, 2.45) is 0 Å². The van der Waals surface area contributed by atoms with Gasteiger partial charge in [0.1, 0.15) is 25.0 Å². The molecule has 1 aliphatic rings. The molecule has 1 aromatic carbocycles. The number of hydrogen-bond donors (Lipinski definition) is 2. The van der Waals surface area contributed by atoms with Crippen LogP contribution in [0.15, 0.2) is 12.1 Å². The van der Waals surface area contributed by atoms with Crippen molar-refractivity contribution in [1.29, 1.82) is 0 Å². The SMILES string of the molecule is CCOC(=O)N1CC[NH+](C[C@H](O)COc2cc(C)cc(C)c2C)CC1. The highest BCUT2D eigenvalue weighted by molar-refractivity contribution is 5.67. The zero-order valence-electron chi connectivity index (χ0n) is 15.8. The molecular formula is C19H31N2O4+. The number of nitrogens with zero attached hydrogens (tertiary/aromatic N) is 1. The summed E-state index contributed by atoms with van der Waals surface area (Å²) in [4.78, 5) is 14.7. The lowest BCUT2D eigenvalue weighted by Crippen LogP contribution is -3.16. The van der Waals surface area contributed by atoms with E-state index in [1.54, 1.807) is 4.90 Å². The minimum absolute atomic E-state index is 0.240. The second-order valence-corrected chi connectivity index (χ2v) is 6.81. The van der Waals surface area contributed by atoms with Crippen molar-refractivity contribution in [3.05, 3.63) is 28.8 Å². The summed E-state index contributed by atoms with van der Waals surface area (Å²) < 4.78 is 10.9. The molecule has 1 amide bonds. The third kappa shape index (κ3) is 5.61. The molecule has 1 saturated heterocycles. The Morgan fingerprint density at radius 2 is 1.96 bits per heavy atom. The molecule has 2 N–H and O–H groups in total. The van der Waals surface area contributed by atoms with Gasteiger partial charge < -0.3 is 19.5 Å². The van der Waals surface area contributed by atoms with Crippen molar-refractivity contribution in [2.45, 2.75) is 33.8 Å². The number of amides is 1. The summed E-state index contributed by atoms with van der Waals surface area (Å²) in [6, 6.07) is 4.14. The summed E-state index contributed by atoms with van der Waals surface area (Å²) in [5, 5.41) is 10.3. The molecule has 25 heavy (non-hydrogen) atoms. The van der Waals surface area contributed by atoms with Crippen LogP contribution < -0.4 is 9.64 Å². The van der Waals surface area contributed by atoms with Crippen LogP contribution in [0.4, 0.5) is 4.79 Å². The fourth-order valence-electron chi connectivity index (χ4n) is 3.15. The van der Waals surface area contributed by atoms with Gasteiger partial charge in [-0.2, -0.15) is 0 Å². The van der Waals surface area contributed by atoms with E-state index >= 15 is 0 Å². The van der Waals surface area contributed by atoms with Crippen LogP contribution in [-0.4, -0.2) is 68.1 Å². The summed E-state index contributed by atoms with van der Waals surface area (Å²) in [6.07, 6.45) is -0.764. The molecule has 2 rings (SSSR count). The molecule has 1 atom stereocenters. The average Bonchev–Trinajstić information content (AvgIpc) is 2.57. The van der Waals surface area contributed by atoms with Gasteiger partial charge in [0, 0.05) is 0 Å². The van der Waals surface area contributed by atoms with Gasteiger partial charge in [0.2, 0.25) is 0 Å². The Morgan fingerprint density at radius 3 is 2.60 bits per heavy atom. The monoisotopic (exact) mass is 351 g/mol. The van der Waals surface area contributed by atoms with Crippen LogP contribution in [-0.2, 0) is 4.74 Å².